The molecule has 1 aliphatic rings. The molecule has 4 rings (SSSR count). The fraction of sp³-hybridized carbons (Fsp3) is 0.188. The number of hydrogen-bond donors (Lipinski definition) is 1. The molecule has 0 spiro atoms. The summed E-state index contributed by atoms with van der Waals surface area (Å²) in [5, 5.41) is 12.1. The molecule has 0 fully saturated rings. The van der Waals surface area contributed by atoms with Gasteiger partial charge in [0.25, 0.3) is 5.69 Å². The Morgan fingerprint density at radius 3 is 2.76 bits per heavy atom. The zero-order valence-corrected chi connectivity index (χ0v) is 11.2. The predicted octanol–water partition coefficient (Wildman–Crippen LogP) is 3.08. The number of aryl methyl sites for hydroxylation is 2. The molecule has 0 bridgehead atoms. The van der Waals surface area contributed by atoms with Crippen LogP contribution < -0.4 is 5.43 Å². The van der Waals surface area contributed by atoms with Crippen molar-refractivity contribution in [2.24, 2.45) is 0 Å². The topological polar surface area (TPSA) is 76.0 Å². The minimum atomic E-state index is -0.454. The van der Waals surface area contributed by atoms with Crippen LogP contribution in [0.3, 0.4) is 0 Å². The molecule has 21 heavy (non-hydrogen) atoms. The van der Waals surface area contributed by atoms with Crippen LogP contribution in [0.2, 0.25) is 0 Å². The van der Waals surface area contributed by atoms with Crippen LogP contribution >= 0.6 is 0 Å². The van der Waals surface area contributed by atoms with Gasteiger partial charge in [0.05, 0.1) is 16.0 Å². The largest absolute Gasteiger partial charge is 0.354 e. The number of aromatic amines is 1. The van der Waals surface area contributed by atoms with Crippen LogP contribution in [0.4, 0.5) is 5.69 Å². The molecule has 104 valence electrons. The van der Waals surface area contributed by atoms with Crippen molar-refractivity contribution >= 4 is 27.5 Å². The maximum Gasteiger partial charge on any atom is 0.271 e. The van der Waals surface area contributed by atoms with E-state index in [0.29, 0.717) is 10.9 Å². The number of aromatic nitrogens is 1. The van der Waals surface area contributed by atoms with Gasteiger partial charge >= 0.3 is 0 Å². The molecule has 0 saturated heterocycles. The van der Waals surface area contributed by atoms with Crippen molar-refractivity contribution in [3.05, 3.63) is 61.8 Å². The van der Waals surface area contributed by atoms with E-state index in [1.165, 1.54) is 17.7 Å². The van der Waals surface area contributed by atoms with Gasteiger partial charge in [0.2, 0.25) is 0 Å². The van der Waals surface area contributed by atoms with Gasteiger partial charge < -0.3 is 4.98 Å². The smallest absolute Gasteiger partial charge is 0.271 e. The van der Waals surface area contributed by atoms with Crippen LogP contribution in [0.1, 0.15) is 17.5 Å². The van der Waals surface area contributed by atoms with Crippen molar-refractivity contribution in [1.82, 2.24) is 4.98 Å². The molecule has 0 atom stereocenters. The molecule has 1 N–H and O–H groups in total. The Morgan fingerprint density at radius 2 is 1.95 bits per heavy atom. The Hall–Kier alpha value is -2.69. The standard InChI is InChI=1S/C16H12N2O3/c19-16-12-6-5-10(18(20)21)8-14(12)17-13-7-4-9-2-1-3-11(9)15(13)16/h4-8H,1-3H2,(H,17,19). The minimum absolute atomic E-state index is 0.0151. The number of pyridine rings is 1. The first kappa shape index (κ1) is 12.1. The SMILES string of the molecule is O=c1c2ccc([N+](=O)[O-])cc2[nH]c2ccc3c(c12)CCC3. The number of nitrogens with zero attached hydrogens (tertiary/aromatic N) is 1. The lowest BCUT2D eigenvalue weighted by Gasteiger charge is -2.07. The highest BCUT2D eigenvalue weighted by Gasteiger charge is 2.18. The van der Waals surface area contributed by atoms with Crippen molar-refractivity contribution < 1.29 is 4.92 Å². The highest BCUT2D eigenvalue weighted by molar-refractivity contribution is 5.95. The molecule has 0 radical (unpaired) electrons. The number of fused-ring (bicyclic) bond motifs is 4. The molecule has 0 saturated carbocycles. The van der Waals surface area contributed by atoms with Gasteiger partial charge in [-0.1, -0.05) is 6.07 Å². The number of non-ortho nitro benzene ring substituents is 1. The molecule has 3 aromatic rings. The Bertz CT molecular complexity index is 973. The maximum absolute atomic E-state index is 12.7. The van der Waals surface area contributed by atoms with E-state index < -0.39 is 4.92 Å². The summed E-state index contributed by atoms with van der Waals surface area (Å²) in [6, 6.07) is 8.29. The molecule has 0 unspecified atom stereocenters. The minimum Gasteiger partial charge on any atom is -0.354 e. The van der Waals surface area contributed by atoms with Crippen LogP contribution in [0, 0.1) is 10.1 Å². The van der Waals surface area contributed by atoms with E-state index in [2.05, 4.69) is 4.98 Å². The predicted molar refractivity (Wildman–Crippen MR) is 80.8 cm³/mol. The fourth-order valence-electron chi connectivity index (χ4n) is 3.26. The van der Waals surface area contributed by atoms with Gasteiger partial charge in [0, 0.05) is 22.9 Å². The summed E-state index contributed by atoms with van der Waals surface area (Å²) in [5.74, 6) is 0. The van der Waals surface area contributed by atoms with Gasteiger partial charge in [-0.3, -0.25) is 14.9 Å². The average Bonchev–Trinajstić information content (AvgIpc) is 2.94. The number of benzene rings is 2. The highest BCUT2D eigenvalue weighted by atomic mass is 16.6. The number of hydrogen-bond acceptors (Lipinski definition) is 3. The van der Waals surface area contributed by atoms with Crippen molar-refractivity contribution in [2.75, 3.05) is 0 Å². The quantitative estimate of drug-likeness (QED) is 0.423. The molecule has 1 aromatic heterocycles. The second kappa shape index (κ2) is 4.15. The van der Waals surface area contributed by atoms with Crippen molar-refractivity contribution in [3.8, 4) is 0 Å². The van der Waals surface area contributed by atoms with E-state index in [9.17, 15) is 14.9 Å². The van der Waals surface area contributed by atoms with Crippen LogP contribution in [-0.4, -0.2) is 9.91 Å². The van der Waals surface area contributed by atoms with E-state index in [0.717, 1.165) is 35.7 Å². The monoisotopic (exact) mass is 280 g/mol. The third-order valence-corrected chi connectivity index (χ3v) is 4.24. The number of rotatable bonds is 1. The lowest BCUT2D eigenvalue weighted by atomic mass is 10.0. The van der Waals surface area contributed by atoms with E-state index in [-0.39, 0.29) is 11.1 Å². The van der Waals surface area contributed by atoms with Gasteiger partial charge in [0.15, 0.2) is 5.43 Å². The summed E-state index contributed by atoms with van der Waals surface area (Å²) in [6.07, 6.45) is 3.02. The molecule has 1 heterocycles. The van der Waals surface area contributed by atoms with Crippen LogP contribution in [0.15, 0.2) is 35.1 Å². The summed E-state index contributed by atoms with van der Waals surface area (Å²) in [7, 11) is 0. The second-order valence-corrected chi connectivity index (χ2v) is 5.42. The van der Waals surface area contributed by atoms with Crippen LogP contribution in [-0.2, 0) is 12.8 Å². The van der Waals surface area contributed by atoms with Crippen molar-refractivity contribution in [2.45, 2.75) is 19.3 Å². The highest BCUT2D eigenvalue weighted by Crippen LogP contribution is 2.29. The first-order chi connectivity index (χ1) is 10.1. The Labute approximate surface area is 119 Å². The summed E-state index contributed by atoms with van der Waals surface area (Å²) < 4.78 is 0. The Morgan fingerprint density at radius 1 is 1.10 bits per heavy atom. The molecule has 0 amide bonds. The van der Waals surface area contributed by atoms with Gasteiger partial charge in [-0.05, 0) is 42.5 Å². The van der Waals surface area contributed by atoms with Gasteiger partial charge in [-0.15, -0.1) is 0 Å². The average molecular weight is 280 g/mol. The number of nitro benzene ring substituents is 1. The zero-order chi connectivity index (χ0) is 14.6. The molecule has 2 aromatic carbocycles. The first-order valence-corrected chi connectivity index (χ1v) is 6.90. The lowest BCUT2D eigenvalue weighted by Crippen LogP contribution is -2.07. The summed E-state index contributed by atoms with van der Waals surface area (Å²) in [5.41, 5.74) is 3.60. The molecular weight excluding hydrogens is 268 g/mol. The molecule has 0 aliphatic heterocycles. The summed E-state index contributed by atoms with van der Waals surface area (Å²) >= 11 is 0. The molecule has 5 heteroatoms. The van der Waals surface area contributed by atoms with E-state index >= 15 is 0 Å². The third-order valence-electron chi connectivity index (χ3n) is 4.24. The second-order valence-electron chi connectivity index (χ2n) is 5.42. The van der Waals surface area contributed by atoms with Crippen LogP contribution in [0.25, 0.3) is 21.8 Å². The Kier molecular flexibility index (Phi) is 2.39. The van der Waals surface area contributed by atoms with Crippen molar-refractivity contribution in [1.29, 1.82) is 0 Å². The summed E-state index contributed by atoms with van der Waals surface area (Å²) in [4.78, 5) is 26.3. The maximum atomic E-state index is 12.7. The number of H-pyrrole nitrogens is 1. The molecular formula is C16H12N2O3. The summed E-state index contributed by atoms with van der Waals surface area (Å²) in [6.45, 7) is 0. The van der Waals surface area contributed by atoms with Gasteiger partial charge in [0.1, 0.15) is 0 Å². The Balaban J connectivity index is 2.15. The van der Waals surface area contributed by atoms with E-state index in [1.54, 1.807) is 6.07 Å². The number of nitrogens with one attached hydrogen (secondary N) is 1. The first-order valence-electron chi connectivity index (χ1n) is 6.90. The molecule has 5 nitrogen and oxygen atoms in total. The number of nitro groups is 1. The third kappa shape index (κ3) is 1.67. The van der Waals surface area contributed by atoms with Gasteiger partial charge in [-0.25, -0.2) is 0 Å². The molecule has 1 aliphatic carbocycles. The normalized spacial score (nSPS) is 13.7. The van der Waals surface area contributed by atoms with E-state index in [1.807, 2.05) is 12.1 Å². The zero-order valence-electron chi connectivity index (χ0n) is 11.2. The van der Waals surface area contributed by atoms with Gasteiger partial charge in [-0.2, -0.15) is 0 Å². The fourth-order valence-corrected chi connectivity index (χ4v) is 3.26. The van der Waals surface area contributed by atoms with Crippen LogP contribution in [0.5, 0.6) is 0 Å². The van der Waals surface area contributed by atoms with Crippen molar-refractivity contribution in [3.63, 3.8) is 0 Å². The lowest BCUT2D eigenvalue weighted by molar-refractivity contribution is -0.384. The van der Waals surface area contributed by atoms with E-state index in [4.69, 9.17) is 0 Å².